The normalized spacial score (nSPS) is 15.9. The summed E-state index contributed by atoms with van der Waals surface area (Å²) in [6.07, 6.45) is 0.899. The van der Waals surface area contributed by atoms with Crippen molar-refractivity contribution < 1.29 is 14.3 Å². The highest BCUT2D eigenvalue weighted by Crippen LogP contribution is 2.14. The zero-order valence-corrected chi connectivity index (χ0v) is 16.3. The van der Waals surface area contributed by atoms with Crippen LogP contribution >= 0.6 is 11.6 Å². The average molecular weight is 382 g/mol. The monoisotopic (exact) mass is 381 g/mol. The fraction of sp³-hybridized carbons (Fsp3) is 0.579. The van der Waals surface area contributed by atoms with Gasteiger partial charge in [-0.05, 0) is 24.5 Å². The Hall–Kier alpha value is -1.63. The molecule has 7 heteroatoms. The first-order chi connectivity index (χ1) is 12.6. The Morgan fingerprint density at radius 2 is 2.08 bits per heavy atom. The van der Waals surface area contributed by atoms with E-state index < -0.39 is 0 Å². The third-order valence-corrected chi connectivity index (χ3v) is 4.21. The third kappa shape index (κ3) is 7.32. The number of amidine groups is 1. The number of aliphatic imine (C=N–C) groups is 1. The minimum absolute atomic E-state index is 0.255. The quantitative estimate of drug-likeness (QED) is 0.448. The molecule has 144 valence electrons. The van der Waals surface area contributed by atoms with Gasteiger partial charge in [-0.25, -0.2) is 4.99 Å². The van der Waals surface area contributed by atoms with Gasteiger partial charge in [0, 0.05) is 26.2 Å². The number of ether oxygens (including phenoxy) is 2. The van der Waals surface area contributed by atoms with Crippen molar-refractivity contribution in [3.8, 4) is 0 Å². The van der Waals surface area contributed by atoms with Gasteiger partial charge in [0.2, 0.25) is 0 Å². The lowest BCUT2D eigenvalue weighted by atomic mass is 10.2. The van der Waals surface area contributed by atoms with E-state index in [4.69, 9.17) is 21.1 Å². The first-order valence-corrected chi connectivity index (χ1v) is 9.47. The van der Waals surface area contributed by atoms with Crippen LogP contribution in [-0.2, 0) is 9.47 Å². The van der Waals surface area contributed by atoms with Gasteiger partial charge in [0.25, 0.3) is 11.9 Å². The molecule has 1 heterocycles. The molecule has 0 radical (unpaired) electrons. The van der Waals surface area contributed by atoms with Crippen molar-refractivity contribution in [2.45, 2.75) is 20.3 Å². The lowest BCUT2D eigenvalue weighted by Gasteiger charge is -2.26. The van der Waals surface area contributed by atoms with Crippen LogP contribution < -0.4 is 5.32 Å². The summed E-state index contributed by atoms with van der Waals surface area (Å²) in [5.41, 5.74) is 0.406. The van der Waals surface area contributed by atoms with Crippen molar-refractivity contribution >= 4 is 23.5 Å². The Kier molecular flexibility index (Phi) is 8.88. The minimum atomic E-state index is -0.314. The number of halogens is 1. The number of hydrogen-bond acceptors (Lipinski definition) is 5. The van der Waals surface area contributed by atoms with Gasteiger partial charge in [-0.1, -0.05) is 37.6 Å². The van der Waals surface area contributed by atoms with Gasteiger partial charge in [0.15, 0.2) is 0 Å². The Labute approximate surface area is 160 Å². The smallest absolute Gasteiger partial charge is 0.291 e. The number of rotatable bonds is 7. The van der Waals surface area contributed by atoms with Crippen molar-refractivity contribution in [2.24, 2.45) is 10.9 Å². The third-order valence-electron chi connectivity index (χ3n) is 3.88. The van der Waals surface area contributed by atoms with Crippen LogP contribution in [0.4, 0.5) is 0 Å². The average Bonchev–Trinajstić information content (AvgIpc) is 2.64. The maximum Gasteiger partial charge on any atom is 0.291 e. The molecule has 6 nitrogen and oxygen atoms in total. The van der Waals surface area contributed by atoms with E-state index in [1.165, 1.54) is 0 Å². The maximum absolute atomic E-state index is 12.4. The summed E-state index contributed by atoms with van der Waals surface area (Å²) in [6, 6.07) is 7.18. The summed E-state index contributed by atoms with van der Waals surface area (Å²) in [5.74, 6) is 0.0250. The molecule has 1 fully saturated rings. The van der Waals surface area contributed by atoms with E-state index in [0.717, 1.165) is 39.3 Å². The summed E-state index contributed by atoms with van der Waals surface area (Å²) >= 11 is 6.09. The van der Waals surface area contributed by atoms with Crippen molar-refractivity contribution in [3.63, 3.8) is 0 Å². The highest BCUT2D eigenvalue weighted by atomic mass is 35.5. The predicted molar refractivity (Wildman–Crippen MR) is 104 cm³/mol. The van der Waals surface area contributed by atoms with E-state index in [2.05, 4.69) is 15.2 Å². The number of benzene rings is 1. The zero-order valence-electron chi connectivity index (χ0n) is 15.5. The molecule has 0 spiro atoms. The molecule has 1 aromatic rings. The molecule has 0 bridgehead atoms. The van der Waals surface area contributed by atoms with Crippen LogP contribution in [0.2, 0.25) is 5.02 Å². The molecule has 1 aliphatic rings. The van der Waals surface area contributed by atoms with Crippen molar-refractivity contribution in [1.29, 1.82) is 0 Å². The number of nitrogens with one attached hydrogen (secondary N) is 1. The molecule has 1 amide bonds. The van der Waals surface area contributed by atoms with Gasteiger partial charge in [-0.15, -0.1) is 0 Å². The molecule has 0 unspecified atom stereocenters. The minimum Gasteiger partial charge on any atom is -0.465 e. The Morgan fingerprint density at radius 3 is 2.77 bits per heavy atom. The second-order valence-corrected chi connectivity index (χ2v) is 7.04. The lowest BCUT2D eigenvalue weighted by Crippen LogP contribution is -2.37. The zero-order chi connectivity index (χ0) is 18.8. The van der Waals surface area contributed by atoms with Crippen molar-refractivity contribution in [1.82, 2.24) is 10.2 Å². The van der Waals surface area contributed by atoms with Crippen LogP contribution in [0.25, 0.3) is 0 Å². The number of nitrogens with zero attached hydrogens (tertiary/aromatic N) is 2. The van der Waals surface area contributed by atoms with Crippen molar-refractivity contribution in [2.75, 3.05) is 46.0 Å². The van der Waals surface area contributed by atoms with Gasteiger partial charge in [0.05, 0.1) is 30.4 Å². The van der Waals surface area contributed by atoms with E-state index in [9.17, 15) is 4.79 Å². The first-order valence-electron chi connectivity index (χ1n) is 9.09. The SMILES string of the molecule is CC(C)COC(=NCCCN1CCOCC1)NC(=O)c1ccccc1Cl. The Morgan fingerprint density at radius 1 is 1.35 bits per heavy atom. The van der Waals surface area contributed by atoms with Gasteiger partial charge >= 0.3 is 0 Å². The topological polar surface area (TPSA) is 63.2 Å². The molecule has 0 aliphatic carbocycles. The van der Waals surface area contributed by atoms with Crippen molar-refractivity contribution in [3.05, 3.63) is 34.9 Å². The van der Waals surface area contributed by atoms with E-state index in [0.29, 0.717) is 29.7 Å². The summed E-state index contributed by atoms with van der Waals surface area (Å²) in [4.78, 5) is 19.2. The van der Waals surface area contributed by atoms with Gasteiger partial charge < -0.3 is 9.47 Å². The molecule has 1 aliphatic heterocycles. The number of carbonyl (C=O) groups excluding carboxylic acids is 1. The molecule has 0 atom stereocenters. The molecule has 0 saturated carbocycles. The number of carbonyl (C=O) groups is 1. The second-order valence-electron chi connectivity index (χ2n) is 6.63. The number of morpholine rings is 1. The van der Waals surface area contributed by atoms with Crippen LogP contribution in [0.3, 0.4) is 0 Å². The summed E-state index contributed by atoms with van der Waals surface area (Å²) in [7, 11) is 0. The number of amides is 1. The first kappa shape index (κ1) is 20.7. The molecular formula is C19H28ClN3O3. The van der Waals surface area contributed by atoms with Crippen LogP contribution in [0.15, 0.2) is 29.3 Å². The second kappa shape index (κ2) is 11.2. The van der Waals surface area contributed by atoms with Gasteiger partial charge in [-0.2, -0.15) is 0 Å². The van der Waals surface area contributed by atoms with Crippen LogP contribution in [0.1, 0.15) is 30.6 Å². The summed E-state index contributed by atoms with van der Waals surface area (Å²) in [5, 5.41) is 3.14. The molecular weight excluding hydrogens is 354 g/mol. The maximum atomic E-state index is 12.4. The van der Waals surface area contributed by atoms with Crippen LogP contribution in [-0.4, -0.2) is 62.8 Å². The predicted octanol–water partition coefficient (Wildman–Crippen LogP) is 2.82. The van der Waals surface area contributed by atoms with E-state index >= 15 is 0 Å². The van der Waals surface area contributed by atoms with Crippen LogP contribution in [0, 0.1) is 5.92 Å². The Balaban J connectivity index is 1.89. The summed E-state index contributed by atoms with van der Waals surface area (Å²) < 4.78 is 11.0. The van der Waals surface area contributed by atoms with E-state index in [-0.39, 0.29) is 11.9 Å². The molecule has 1 N–H and O–H groups in total. The van der Waals surface area contributed by atoms with E-state index in [1.54, 1.807) is 24.3 Å². The van der Waals surface area contributed by atoms with Gasteiger partial charge in [0.1, 0.15) is 0 Å². The molecule has 1 saturated heterocycles. The highest BCUT2D eigenvalue weighted by molar-refractivity contribution is 6.34. The fourth-order valence-corrected chi connectivity index (χ4v) is 2.70. The highest BCUT2D eigenvalue weighted by Gasteiger charge is 2.14. The largest absolute Gasteiger partial charge is 0.465 e. The fourth-order valence-electron chi connectivity index (χ4n) is 2.48. The molecule has 2 rings (SSSR count). The van der Waals surface area contributed by atoms with Crippen LogP contribution in [0.5, 0.6) is 0 Å². The summed E-state index contributed by atoms with van der Waals surface area (Å²) in [6.45, 7) is 9.65. The molecule has 0 aromatic heterocycles. The van der Waals surface area contributed by atoms with E-state index in [1.807, 2.05) is 13.8 Å². The Bertz CT molecular complexity index is 601. The molecule has 26 heavy (non-hydrogen) atoms. The van der Waals surface area contributed by atoms with Gasteiger partial charge in [-0.3, -0.25) is 15.0 Å². The number of hydrogen-bond donors (Lipinski definition) is 1. The molecule has 1 aromatic carbocycles. The lowest BCUT2D eigenvalue weighted by molar-refractivity contribution is 0.0377. The standard InChI is InChI=1S/C19H28ClN3O3/c1-15(2)14-26-19(21-8-5-9-23-10-12-25-13-11-23)22-18(24)16-6-3-4-7-17(16)20/h3-4,6-7,15H,5,8-14H2,1-2H3,(H,21,22,24).